The van der Waals surface area contributed by atoms with Crippen molar-refractivity contribution in [3.05, 3.63) is 0 Å². The molecule has 0 radical (unpaired) electrons. The van der Waals surface area contributed by atoms with E-state index in [0.717, 1.165) is 3.17 Å². The standard InChI is InChI=1S/C6H13.Na.3H2O.O.Sb/c1-3-5-6-4-2;;;;;;/h3H,4-6H2,1-2H3;;3*1H2;;/q;;;;;;+3/p-3. The van der Waals surface area contributed by atoms with E-state index in [1.807, 2.05) is 0 Å². The van der Waals surface area contributed by atoms with Crippen LogP contribution in [0, 0.1) is 0 Å². The fourth-order valence-corrected chi connectivity index (χ4v) is 1.02. The molecule has 0 aromatic rings. The van der Waals surface area contributed by atoms with Crippen molar-refractivity contribution in [2.45, 2.75) is 36.3 Å². The average Bonchev–Trinajstić information content (AvgIpc) is 1.79. The predicted molar refractivity (Wildman–Crippen MR) is 47.8 cm³/mol. The topological polar surface area (TPSA) is 77.8 Å². The Morgan fingerprint density at radius 3 is 1.83 bits per heavy atom. The Morgan fingerprint density at radius 1 is 1.42 bits per heavy atom. The summed E-state index contributed by atoms with van der Waals surface area (Å²) in [5, 5.41) is 0. The van der Waals surface area contributed by atoms with Gasteiger partial charge in [0.05, 0.1) is 0 Å². The summed E-state index contributed by atoms with van der Waals surface area (Å²) in [5.41, 5.74) is 0. The van der Waals surface area contributed by atoms with Crippen LogP contribution in [0.25, 0.3) is 0 Å². The van der Waals surface area contributed by atoms with Crippen molar-refractivity contribution < 1.29 is 13.2 Å². The van der Waals surface area contributed by atoms with Crippen LogP contribution in [0.2, 0.25) is 3.17 Å². The van der Waals surface area contributed by atoms with E-state index in [1.165, 1.54) is 47.2 Å². The minimum absolute atomic E-state index is 1.04. The number of hydrogen-bond acceptors (Lipinski definition) is 1. The van der Waals surface area contributed by atoms with Gasteiger partial charge in [-0.15, -0.1) is 0 Å². The normalized spacial score (nSPS) is 13.2. The zero-order valence-electron chi connectivity index (χ0n) is 7.90. The number of hydrogen-bond donors (Lipinski definition) is 3. The SMILES string of the molecule is CCCC[CH](C)[Na].[O]=[Sb]([OH])([OH])[OH]. The molecular formula is C6H16NaO4Sb. The third-order valence-corrected chi connectivity index (χ3v) is 1.71. The summed E-state index contributed by atoms with van der Waals surface area (Å²) < 4.78 is 31.8. The quantitative estimate of drug-likeness (QED) is 0.640. The molecule has 4 nitrogen and oxygen atoms in total. The Morgan fingerprint density at radius 2 is 1.75 bits per heavy atom. The van der Waals surface area contributed by atoms with Crippen molar-refractivity contribution >= 4 is 48.0 Å². The van der Waals surface area contributed by atoms with Gasteiger partial charge in [-0.05, 0) is 0 Å². The molecule has 0 spiro atoms. The van der Waals surface area contributed by atoms with E-state index in [-0.39, 0.29) is 0 Å². The van der Waals surface area contributed by atoms with Gasteiger partial charge in [-0.2, -0.15) is 0 Å². The number of unbranched alkanes of at least 4 members (excludes halogenated alkanes) is 1. The summed E-state index contributed by atoms with van der Waals surface area (Å²) >= 11 is -3.97. The summed E-state index contributed by atoms with van der Waals surface area (Å²) in [6, 6.07) is 0. The third kappa shape index (κ3) is 41.9. The van der Waals surface area contributed by atoms with E-state index in [0.29, 0.717) is 0 Å². The van der Waals surface area contributed by atoms with Crippen molar-refractivity contribution in [3.8, 4) is 0 Å². The molecule has 0 saturated carbocycles. The minimum atomic E-state index is -5.35. The first-order chi connectivity index (χ1) is 5.27. The number of rotatable bonds is 3. The molecule has 0 bridgehead atoms. The molecule has 6 heteroatoms. The predicted octanol–water partition coefficient (Wildman–Crippen LogP) is -0.0171. The first-order valence-electron chi connectivity index (χ1n) is 4.05. The molecule has 12 heavy (non-hydrogen) atoms. The van der Waals surface area contributed by atoms with Gasteiger partial charge in [0.25, 0.3) is 0 Å². The maximum absolute atomic E-state index is 8.97. The van der Waals surface area contributed by atoms with Crippen molar-refractivity contribution in [1.29, 1.82) is 0 Å². The van der Waals surface area contributed by atoms with Crippen molar-refractivity contribution in [1.82, 2.24) is 0 Å². The Balaban J connectivity index is 0. The van der Waals surface area contributed by atoms with Crippen LogP contribution in [0.4, 0.5) is 0 Å². The average molecular weight is 297 g/mol. The van der Waals surface area contributed by atoms with E-state index >= 15 is 0 Å². The maximum atomic E-state index is 8.97. The van der Waals surface area contributed by atoms with Gasteiger partial charge in [-0.3, -0.25) is 0 Å². The zero-order valence-corrected chi connectivity index (χ0v) is 12.4. The summed E-state index contributed by atoms with van der Waals surface area (Å²) in [7, 11) is 0. The van der Waals surface area contributed by atoms with E-state index in [1.54, 1.807) is 0 Å². The fourth-order valence-electron chi connectivity index (χ4n) is 0.612. The van der Waals surface area contributed by atoms with E-state index in [2.05, 4.69) is 13.8 Å². The Labute approximate surface area is 96.5 Å². The molecule has 0 aliphatic carbocycles. The second-order valence-corrected chi connectivity index (χ2v) is 7.95. The fraction of sp³-hybridized carbons (Fsp3) is 1.00. The summed E-state index contributed by atoms with van der Waals surface area (Å²) in [6.45, 7) is 4.59. The Bertz CT molecular complexity index is 125. The summed E-state index contributed by atoms with van der Waals surface area (Å²) in [5.74, 6) is 0. The van der Waals surface area contributed by atoms with Gasteiger partial charge in [-0.25, -0.2) is 0 Å². The second kappa shape index (κ2) is 9.07. The zero-order chi connectivity index (χ0) is 10.2. The molecule has 0 aliphatic heterocycles. The van der Waals surface area contributed by atoms with Crippen LogP contribution in [-0.4, -0.2) is 58.1 Å². The van der Waals surface area contributed by atoms with Gasteiger partial charge in [0.1, 0.15) is 0 Å². The molecule has 0 aliphatic rings. The molecule has 0 rings (SSSR count). The molecule has 0 aromatic heterocycles. The molecule has 0 amide bonds. The molecule has 1 atom stereocenters. The molecular weight excluding hydrogens is 281 g/mol. The van der Waals surface area contributed by atoms with Crippen LogP contribution in [0.5, 0.6) is 0 Å². The molecule has 0 fully saturated rings. The molecule has 0 heterocycles. The molecule has 0 aromatic carbocycles. The summed E-state index contributed by atoms with van der Waals surface area (Å²) in [6.07, 6.45) is 4.26. The van der Waals surface area contributed by atoms with Gasteiger partial charge < -0.3 is 0 Å². The summed E-state index contributed by atoms with van der Waals surface area (Å²) in [4.78, 5) is 0. The van der Waals surface area contributed by atoms with Gasteiger partial charge in [0, 0.05) is 0 Å². The second-order valence-electron chi connectivity index (χ2n) is 3.05. The van der Waals surface area contributed by atoms with Crippen LogP contribution >= 0.6 is 0 Å². The van der Waals surface area contributed by atoms with E-state index < -0.39 is 20.1 Å². The van der Waals surface area contributed by atoms with Crippen LogP contribution in [0.15, 0.2) is 0 Å². The monoisotopic (exact) mass is 296 g/mol. The molecule has 3 N–H and O–H groups in total. The van der Waals surface area contributed by atoms with Gasteiger partial charge >= 0.3 is 97.4 Å². The van der Waals surface area contributed by atoms with Gasteiger partial charge in [0.2, 0.25) is 0 Å². The van der Waals surface area contributed by atoms with Crippen LogP contribution < -0.4 is 0 Å². The Hall–Kier alpha value is 1.50. The van der Waals surface area contributed by atoms with Crippen LogP contribution in [0.1, 0.15) is 33.1 Å². The first kappa shape index (κ1) is 15.9. The van der Waals surface area contributed by atoms with Crippen LogP contribution in [-0.2, 0) is 3.02 Å². The Kier molecular flexibility index (Phi) is 12.1. The molecule has 70 valence electrons. The first-order valence-corrected chi connectivity index (χ1v) is 9.67. The molecule has 1 unspecified atom stereocenters. The van der Waals surface area contributed by atoms with Crippen molar-refractivity contribution in [2.75, 3.05) is 0 Å². The van der Waals surface area contributed by atoms with Crippen molar-refractivity contribution in [2.24, 2.45) is 0 Å². The van der Waals surface area contributed by atoms with Gasteiger partial charge in [-0.1, -0.05) is 0 Å². The van der Waals surface area contributed by atoms with Crippen molar-refractivity contribution in [3.63, 3.8) is 0 Å². The third-order valence-electron chi connectivity index (χ3n) is 1.14. The van der Waals surface area contributed by atoms with E-state index in [4.69, 9.17) is 13.2 Å². The van der Waals surface area contributed by atoms with E-state index in [9.17, 15) is 0 Å². The molecule has 0 saturated heterocycles. The van der Waals surface area contributed by atoms with Gasteiger partial charge in [0.15, 0.2) is 0 Å². The van der Waals surface area contributed by atoms with Crippen LogP contribution in [0.3, 0.4) is 0 Å².